The van der Waals surface area contributed by atoms with E-state index in [1.165, 1.54) is 20.8 Å². The zero-order chi connectivity index (χ0) is 20.6. The van der Waals surface area contributed by atoms with Crippen molar-refractivity contribution in [2.24, 2.45) is 0 Å². The molecular weight excluding hydrogens is 568 g/mol. The Kier molecular flexibility index (Phi) is 29.7. The van der Waals surface area contributed by atoms with Crippen LogP contribution in [-0.2, 0) is 19.2 Å². The third-order valence-electron chi connectivity index (χ3n) is 1.41. The number of carboxylic acids is 4. The van der Waals surface area contributed by atoms with Crippen molar-refractivity contribution in [1.82, 2.24) is 0 Å². The molecule has 0 radical (unpaired) electrons. The summed E-state index contributed by atoms with van der Waals surface area (Å²) in [6.07, 6.45) is -5.04. The van der Waals surface area contributed by atoms with E-state index in [9.17, 15) is 24.3 Å². The number of hydrogen-bond acceptors (Lipinski definition) is 9. The van der Waals surface area contributed by atoms with Crippen molar-refractivity contribution in [1.29, 1.82) is 0 Å². The number of hydrogen-bond donors (Lipinski definition) is 7. The Morgan fingerprint density at radius 3 is 0.680 bits per heavy atom. The maximum Gasteiger partial charge on any atom is 0.332 e. The Balaban J connectivity index is -0.0000000702. The molecule has 0 saturated carbocycles. The third-order valence-corrected chi connectivity index (χ3v) is 1.41. The van der Waals surface area contributed by atoms with E-state index in [0.717, 1.165) is 6.92 Å². The van der Waals surface area contributed by atoms with E-state index in [2.05, 4.69) is 0 Å². The average Bonchev–Trinajstić information content (AvgIpc) is 2.40. The summed E-state index contributed by atoms with van der Waals surface area (Å²) >= 11 is 0. The first-order valence-corrected chi connectivity index (χ1v) is 6.19. The predicted octanol–water partition coefficient (Wildman–Crippen LogP) is -3.53. The Bertz CT molecular complexity index is 306. The van der Waals surface area contributed by atoms with Gasteiger partial charge in [-0.25, -0.2) is 14.4 Å². The maximum absolute atomic E-state index is 9.45. The van der Waals surface area contributed by atoms with E-state index in [-0.39, 0.29) is 39.9 Å². The van der Waals surface area contributed by atoms with Crippen LogP contribution in [0.2, 0.25) is 0 Å². The summed E-state index contributed by atoms with van der Waals surface area (Å²) in [6.45, 7) is 4.72. The van der Waals surface area contributed by atoms with E-state index in [1.54, 1.807) is 0 Å². The topological polar surface area (TPSA) is 233 Å². The first kappa shape index (κ1) is 35.2. The van der Waals surface area contributed by atoms with Gasteiger partial charge in [0, 0.05) is 39.9 Å². The summed E-state index contributed by atoms with van der Waals surface area (Å²) in [5.74, 6) is -4.99. The molecule has 7 N–H and O–H groups in total. The van der Waals surface area contributed by atoms with Gasteiger partial charge in [-0.2, -0.15) is 0 Å². The normalized spacial score (nSPS) is 13.1. The first-order valence-electron chi connectivity index (χ1n) is 6.19. The van der Waals surface area contributed by atoms with Gasteiger partial charge < -0.3 is 45.6 Å². The van der Waals surface area contributed by atoms with E-state index >= 15 is 0 Å². The van der Waals surface area contributed by atoms with Crippen molar-refractivity contribution >= 4 is 23.9 Å². The molecule has 0 rings (SSSR count). The van der Waals surface area contributed by atoms with E-state index in [0.29, 0.717) is 0 Å². The van der Waals surface area contributed by atoms with E-state index < -0.39 is 48.3 Å². The van der Waals surface area contributed by atoms with Crippen LogP contribution in [-0.4, -0.2) is 84.0 Å². The number of aliphatic carboxylic acids is 4. The molecule has 0 amide bonds. The minimum absolute atomic E-state index is 0. The average molecular weight is 591 g/mol. The number of aliphatic hydroxyl groups excluding tert-OH is 4. The number of aliphatic hydroxyl groups is 4. The molecule has 0 aliphatic carbocycles. The Labute approximate surface area is 175 Å². The third kappa shape index (κ3) is 45.1. The molecule has 4 unspecified atom stereocenters. The largest absolute Gasteiger partial charge is 0.547 e. The zero-order valence-electron chi connectivity index (χ0n) is 14.0. The number of carbonyl (C=O) groups is 4. The molecule has 0 aromatic rings. The fourth-order valence-corrected chi connectivity index (χ4v) is 0. The Hall–Kier alpha value is -0.955. The van der Waals surface area contributed by atoms with Gasteiger partial charge in [0.15, 0.2) is 0 Å². The molecule has 0 bridgehead atoms. The molecule has 0 aliphatic rings. The summed E-state index contributed by atoms with van der Waals surface area (Å²) in [7, 11) is 0. The van der Waals surface area contributed by atoms with Crippen molar-refractivity contribution in [3.8, 4) is 0 Å². The second kappa shape index (κ2) is 21.1. The molecule has 12 nitrogen and oxygen atoms in total. The monoisotopic (exact) mass is 591 g/mol. The minimum atomic E-state index is -1.44. The number of carbonyl (C=O) groups excluding carboxylic acids is 1. The molecule has 0 spiro atoms. The maximum atomic E-state index is 9.45. The summed E-state index contributed by atoms with van der Waals surface area (Å²) < 4.78 is 0. The van der Waals surface area contributed by atoms with Crippen LogP contribution in [0.5, 0.6) is 0 Å². The fourth-order valence-electron chi connectivity index (χ4n) is 0. The van der Waals surface area contributed by atoms with Gasteiger partial charge in [0.1, 0.15) is 18.3 Å². The Morgan fingerprint density at radius 1 is 0.600 bits per heavy atom. The minimum Gasteiger partial charge on any atom is -0.547 e. The van der Waals surface area contributed by atoms with Crippen LogP contribution in [0.25, 0.3) is 0 Å². The van der Waals surface area contributed by atoms with Crippen LogP contribution in [0.4, 0.5) is 0 Å². The molecule has 0 heterocycles. The molecule has 4 atom stereocenters. The van der Waals surface area contributed by atoms with Crippen LogP contribution >= 0.6 is 0 Å². The zero-order valence-corrected chi connectivity index (χ0v) is 18.1. The summed E-state index contributed by atoms with van der Waals surface area (Å²) in [4.78, 5) is 37.7. The molecule has 148 valence electrons. The SMILES string of the molecule is CC(O)C(=O)O.CC(O)C(=O)O.CC(O)C(=O)O.CC(O)C(=O)[O-].[Th]. The van der Waals surface area contributed by atoms with E-state index in [1.807, 2.05) is 0 Å². The summed E-state index contributed by atoms with van der Waals surface area (Å²) in [6, 6.07) is 0. The smallest absolute Gasteiger partial charge is 0.332 e. The summed E-state index contributed by atoms with van der Waals surface area (Å²) in [5, 5.41) is 64.6. The second-order valence-corrected chi connectivity index (χ2v) is 4.04. The quantitative estimate of drug-likeness (QED) is 0.169. The van der Waals surface area contributed by atoms with Crippen molar-refractivity contribution < 1.29 is 100.0 Å². The van der Waals surface area contributed by atoms with Gasteiger partial charge in [0.05, 0.1) is 12.1 Å². The van der Waals surface area contributed by atoms with Crippen LogP contribution in [0.1, 0.15) is 27.7 Å². The molecule has 13 heteroatoms. The van der Waals surface area contributed by atoms with Gasteiger partial charge in [-0.05, 0) is 27.7 Å². The standard InChI is InChI=1S/4C3H6O3.Th/c4*1-2(4)3(5)6;/h4*2,4H,1H3,(H,5,6);/p-1. The van der Waals surface area contributed by atoms with Crippen molar-refractivity contribution in [2.45, 2.75) is 52.1 Å². The van der Waals surface area contributed by atoms with Gasteiger partial charge in [-0.3, -0.25) is 0 Å². The second-order valence-electron chi connectivity index (χ2n) is 4.04. The summed E-state index contributed by atoms with van der Waals surface area (Å²) in [5.41, 5.74) is 0. The fraction of sp³-hybridized carbons (Fsp3) is 0.667. The first-order chi connectivity index (χ1) is 10.6. The van der Waals surface area contributed by atoms with Crippen LogP contribution < -0.4 is 5.11 Å². The van der Waals surface area contributed by atoms with Crippen molar-refractivity contribution in [3.05, 3.63) is 0 Å². The van der Waals surface area contributed by atoms with Crippen LogP contribution in [0.15, 0.2) is 0 Å². The van der Waals surface area contributed by atoms with Gasteiger partial charge in [0.25, 0.3) is 0 Å². The van der Waals surface area contributed by atoms with Gasteiger partial charge >= 0.3 is 17.9 Å². The molecule has 0 aromatic carbocycles. The van der Waals surface area contributed by atoms with Crippen molar-refractivity contribution in [3.63, 3.8) is 0 Å². The van der Waals surface area contributed by atoms with Crippen LogP contribution in [0.3, 0.4) is 0 Å². The molecule has 0 aliphatic heterocycles. The van der Waals surface area contributed by atoms with Gasteiger partial charge in [-0.15, -0.1) is 0 Å². The van der Waals surface area contributed by atoms with Crippen molar-refractivity contribution in [2.75, 3.05) is 0 Å². The molecule has 0 aromatic heterocycles. The molecule has 0 saturated heterocycles. The predicted molar refractivity (Wildman–Crippen MR) is 74.6 cm³/mol. The van der Waals surface area contributed by atoms with Crippen LogP contribution in [0, 0.1) is 39.9 Å². The number of rotatable bonds is 4. The number of carboxylic acid groups (broad SMARTS) is 4. The molecule has 0 fully saturated rings. The van der Waals surface area contributed by atoms with Gasteiger partial charge in [0.2, 0.25) is 0 Å². The molecule has 25 heavy (non-hydrogen) atoms. The Morgan fingerprint density at radius 2 is 0.680 bits per heavy atom. The molecular formula is C12H23O12Th-. The van der Waals surface area contributed by atoms with E-state index in [4.69, 9.17) is 35.7 Å². The van der Waals surface area contributed by atoms with Gasteiger partial charge in [-0.1, -0.05) is 0 Å².